The van der Waals surface area contributed by atoms with Gasteiger partial charge in [-0.3, -0.25) is 4.79 Å². The monoisotopic (exact) mass is 394 g/mol. The van der Waals surface area contributed by atoms with Crippen LogP contribution in [-0.2, 0) is 13.0 Å². The minimum atomic E-state index is -0.445. The van der Waals surface area contributed by atoms with Gasteiger partial charge in [-0.05, 0) is 49.2 Å². The van der Waals surface area contributed by atoms with Crippen LogP contribution in [0.5, 0.6) is 17.2 Å². The molecule has 1 amide bonds. The van der Waals surface area contributed by atoms with E-state index in [2.05, 4.69) is 4.57 Å². The fraction of sp³-hybridized carbons (Fsp3) is 0.261. The van der Waals surface area contributed by atoms with Crippen LogP contribution in [-0.4, -0.2) is 31.8 Å². The van der Waals surface area contributed by atoms with E-state index >= 15 is 0 Å². The number of aryl methyl sites for hydroxylation is 1. The highest BCUT2D eigenvalue weighted by Gasteiger charge is 2.19. The molecule has 0 aliphatic carbocycles. The van der Waals surface area contributed by atoms with Gasteiger partial charge in [0.1, 0.15) is 17.2 Å². The second kappa shape index (κ2) is 8.73. The van der Waals surface area contributed by atoms with Crippen molar-refractivity contribution in [2.75, 3.05) is 21.3 Å². The lowest BCUT2D eigenvalue weighted by atomic mass is 10.1. The molecule has 3 aromatic rings. The lowest BCUT2D eigenvalue weighted by molar-refractivity contribution is 0.0999. The number of carbonyl (C=O) groups is 1. The highest BCUT2D eigenvalue weighted by Crippen LogP contribution is 2.35. The van der Waals surface area contributed by atoms with Crippen molar-refractivity contribution in [2.45, 2.75) is 19.9 Å². The standard InChI is InChI=1S/C23H26N2O4/c1-15-20(23(24)26)14-21(19-10-9-18(28-3)13-22(19)29-4)25(15)12-11-16-5-7-17(27-2)8-6-16/h5-10,13-14H,11-12H2,1-4H3,(H2,24,26). The molecule has 0 aliphatic rings. The number of rotatable bonds is 8. The number of hydrogen-bond acceptors (Lipinski definition) is 4. The average Bonchev–Trinajstić information content (AvgIpc) is 3.08. The fourth-order valence-electron chi connectivity index (χ4n) is 3.45. The van der Waals surface area contributed by atoms with Crippen molar-refractivity contribution in [1.82, 2.24) is 4.57 Å². The van der Waals surface area contributed by atoms with Gasteiger partial charge in [0.05, 0.1) is 32.6 Å². The molecule has 6 nitrogen and oxygen atoms in total. The molecule has 0 spiro atoms. The molecule has 1 heterocycles. The van der Waals surface area contributed by atoms with Gasteiger partial charge in [-0.2, -0.15) is 0 Å². The molecule has 0 unspecified atom stereocenters. The van der Waals surface area contributed by atoms with Gasteiger partial charge in [0.2, 0.25) is 0 Å². The van der Waals surface area contributed by atoms with E-state index in [1.165, 1.54) is 5.56 Å². The Hall–Kier alpha value is -3.41. The number of benzene rings is 2. The minimum absolute atomic E-state index is 0.445. The molecule has 2 aromatic carbocycles. The molecule has 0 bridgehead atoms. The number of nitrogens with zero attached hydrogens (tertiary/aromatic N) is 1. The van der Waals surface area contributed by atoms with Gasteiger partial charge in [-0.15, -0.1) is 0 Å². The smallest absolute Gasteiger partial charge is 0.250 e. The third kappa shape index (κ3) is 4.21. The van der Waals surface area contributed by atoms with Gasteiger partial charge in [-0.1, -0.05) is 12.1 Å². The first-order valence-electron chi connectivity index (χ1n) is 9.33. The van der Waals surface area contributed by atoms with Crippen LogP contribution in [0.2, 0.25) is 0 Å². The van der Waals surface area contributed by atoms with Crippen molar-refractivity contribution >= 4 is 5.91 Å². The number of nitrogens with two attached hydrogens (primary N) is 1. The number of primary amides is 1. The van der Waals surface area contributed by atoms with Gasteiger partial charge in [0.15, 0.2) is 0 Å². The largest absolute Gasteiger partial charge is 0.497 e. The maximum absolute atomic E-state index is 12.0. The maximum Gasteiger partial charge on any atom is 0.250 e. The first kappa shape index (κ1) is 20.3. The predicted octanol–water partition coefficient (Wildman–Crippen LogP) is 3.83. The number of aromatic nitrogens is 1. The highest BCUT2D eigenvalue weighted by molar-refractivity contribution is 5.96. The van der Waals surface area contributed by atoms with Crippen molar-refractivity contribution in [2.24, 2.45) is 5.73 Å². The van der Waals surface area contributed by atoms with E-state index in [4.69, 9.17) is 19.9 Å². The topological polar surface area (TPSA) is 75.7 Å². The minimum Gasteiger partial charge on any atom is -0.497 e. The van der Waals surface area contributed by atoms with Crippen molar-refractivity contribution in [3.8, 4) is 28.5 Å². The number of hydrogen-bond donors (Lipinski definition) is 1. The van der Waals surface area contributed by atoms with Crippen LogP contribution in [0.1, 0.15) is 21.6 Å². The van der Waals surface area contributed by atoms with Gasteiger partial charge in [0, 0.05) is 23.9 Å². The van der Waals surface area contributed by atoms with E-state index in [-0.39, 0.29) is 0 Å². The van der Waals surface area contributed by atoms with Crippen LogP contribution in [0, 0.1) is 6.92 Å². The molecule has 0 aliphatic heterocycles. The van der Waals surface area contributed by atoms with Gasteiger partial charge < -0.3 is 24.5 Å². The molecular formula is C23H26N2O4. The summed E-state index contributed by atoms with van der Waals surface area (Å²) in [6, 6.07) is 15.4. The number of amides is 1. The molecule has 3 rings (SSSR count). The Morgan fingerprint density at radius 1 is 0.931 bits per heavy atom. The van der Waals surface area contributed by atoms with Crippen LogP contribution in [0.4, 0.5) is 0 Å². The fourth-order valence-corrected chi connectivity index (χ4v) is 3.45. The molecular weight excluding hydrogens is 368 g/mol. The lowest BCUT2D eigenvalue weighted by Crippen LogP contribution is -2.13. The summed E-state index contributed by atoms with van der Waals surface area (Å²) in [5, 5.41) is 0. The van der Waals surface area contributed by atoms with E-state index in [1.54, 1.807) is 21.3 Å². The van der Waals surface area contributed by atoms with E-state index in [0.717, 1.165) is 29.1 Å². The molecule has 29 heavy (non-hydrogen) atoms. The summed E-state index contributed by atoms with van der Waals surface area (Å²) in [6.07, 6.45) is 0.795. The van der Waals surface area contributed by atoms with Crippen LogP contribution in [0.25, 0.3) is 11.3 Å². The Labute approximate surface area is 170 Å². The maximum atomic E-state index is 12.0. The van der Waals surface area contributed by atoms with E-state index in [9.17, 15) is 4.79 Å². The Bertz CT molecular complexity index is 1010. The molecule has 1 aromatic heterocycles. The van der Waals surface area contributed by atoms with Gasteiger partial charge in [-0.25, -0.2) is 0 Å². The second-order valence-corrected chi connectivity index (χ2v) is 6.71. The highest BCUT2D eigenvalue weighted by atomic mass is 16.5. The zero-order valence-corrected chi connectivity index (χ0v) is 17.2. The van der Waals surface area contributed by atoms with E-state index in [0.29, 0.717) is 23.6 Å². The van der Waals surface area contributed by atoms with Crippen molar-refractivity contribution in [1.29, 1.82) is 0 Å². The van der Waals surface area contributed by atoms with Crippen molar-refractivity contribution < 1.29 is 19.0 Å². The predicted molar refractivity (Wildman–Crippen MR) is 113 cm³/mol. The van der Waals surface area contributed by atoms with Gasteiger partial charge >= 0.3 is 0 Å². The molecule has 0 fully saturated rings. The number of methoxy groups -OCH3 is 3. The van der Waals surface area contributed by atoms with Crippen molar-refractivity contribution in [3.63, 3.8) is 0 Å². The summed E-state index contributed by atoms with van der Waals surface area (Å²) in [6.45, 7) is 2.60. The summed E-state index contributed by atoms with van der Waals surface area (Å²) in [5.41, 5.74) is 9.88. The summed E-state index contributed by atoms with van der Waals surface area (Å²) in [5.74, 6) is 1.75. The molecule has 6 heteroatoms. The first-order valence-corrected chi connectivity index (χ1v) is 9.33. The Morgan fingerprint density at radius 2 is 1.59 bits per heavy atom. The summed E-state index contributed by atoms with van der Waals surface area (Å²) >= 11 is 0. The molecule has 0 atom stereocenters. The zero-order chi connectivity index (χ0) is 21.0. The molecule has 0 saturated carbocycles. The molecule has 0 radical (unpaired) electrons. The average molecular weight is 394 g/mol. The zero-order valence-electron chi connectivity index (χ0n) is 17.2. The quantitative estimate of drug-likeness (QED) is 0.630. The Kier molecular flexibility index (Phi) is 6.12. The van der Waals surface area contributed by atoms with Crippen LogP contribution in [0.3, 0.4) is 0 Å². The summed E-state index contributed by atoms with van der Waals surface area (Å²) < 4.78 is 18.2. The normalized spacial score (nSPS) is 10.6. The summed E-state index contributed by atoms with van der Waals surface area (Å²) in [7, 11) is 4.88. The van der Waals surface area contributed by atoms with Gasteiger partial charge in [0.25, 0.3) is 5.91 Å². The van der Waals surface area contributed by atoms with E-state index < -0.39 is 5.91 Å². The SMILES string of the molecule is COc1ccc(CCn2c(-c3ccc(OC)cc3OC)cc(C(N)=O)c2C)cc1. The van der Waals surface area contributed by atoms with Crippen LogP contribution in [0.15, 0.2) is 48.5 Å². The number of carbonyl (C=O) groups excluding carboxylic acids is 1. The van der Waals surface area contributed by atoms with Crippen LogP contribution >= 0.6 is 0 Å². The third-order valence-electron chi connectivity index (χ3n) is 5.10. The third-order valence-corrected chi connectivity index (χ3v) is 5.10. The second-order valence-electron chi connectivity index (χ2n) is 6.71. The molecule has 0 saturated heterocycles. The first-order chi connectivity index (χ1) is 14.0. The molecule has 2 N–H and O–H groups in total. The Balaban J connectivity index is 2.01. The van der Waals surface area contributed by atoms with Crippen LogP contribution < -0.4 is 19.9 Å². The van der Waals surface area contributed by atoms with E-state index in [1.807, 2.05) is 55.5 Å². The molecule has 152 valence electrons. The Morgan fingerprint density at radius 3 is 2.17 bits per heavy atom. The number of ether oxygens (including phenoxy) is 3. The lowest BCUT2D eigenvalue weighted by Gasteiger charge is -2.15. The van der Waals surface area contributed by atoms with Crippen molar-refractivity contribution in [3.05, 3.63) is 65.4 Å². The summed E-state index contributed by atoms with van der Waals surface area (Å²) in [4.78, 5) is 12.0.